The van der Waals surface area contributed by atoms with Crippen molar-refractivity contribution in [3.8, 4) is 0 Å². The summed E-state index contributed by atoms with van der Waals surface area (Å²) in [6, 6.07) is 5.73. The van der Waals surface area contributed by atoms with Gasteiger partial charge in [-0.25, -0.2) is 8.42 Å². The molecule has 0 aromatic heterocycles. The molecule has 3 aliphatic rings. The zero-order valence-electron chi connectivity index (χ0n) is 17.8. The smallest absolute Gasteiger partial charge is 0.269 e. The number of sulfone groups is 1. The largest absolute Gasteiger partial charge is 0.390 e. The first-order valence-corrected chi connectivity index (χ1v) is 12.5. The van der Waals surface area contributed by atoms with Crippen LogP contribution in [0.5, 0.6) is 0 Å². The molecule has 1 N–H and O–H groups in total. The molecule has 0 radical (unpaired) electrons. The molecule has 2 aliphatic carbocycles. The highest BCUT2D eigenvalue weighted by Gasteiger charge is 2.62. The molecule has 0 spiro atoms. The number of nitrogens with zero attached hydrogens (tertiary/aromatic N) is 1. The predicted octanol–water partition coefficient (Wildman–Crippen LogP) is 3.49. The number of epoxide rings is 1. The third-order valence-corrected chi connectivity index (χ3v) is 9.52. The van der Waals surface area contributed by atoms with E-state index in [-0.39, 0.29) is 34.6 Å². The van der Waals surface area contributed by atoms with E-state index < -0.39 is 26.5 Å². The summed E-state index contributed by atoms with van der Waals surface area (Å²) in [4.78, 5) is 10.3. The number of rotatable bonds is 5. The van der Waals surface area contributed by atoms with Gasteiger partial charge in [0.05, 0.1) is 28.6 Å². The standard InChI is InChI=1S/C22H31NO6S/c1-21(2)11-17-15(6-9-19(24)22(3)20(29-22)10-18(17)21)13-30(27,28)12-14-4-7-16(8-5-14)23(25)26/h4-5,7-8,15,17-20,24H,6,9-13H2,1-3H3/t15-,17+,18+,19+,20+,22-/m0/s1. The van der Waals surface area contributed by atoms with Gasteiger partial charge in [0.2, 0.25) is 0 Å². The lowest BCUT2D eigenvalue weighted by Crippen LogP contribution is -2.49. The lowest BCUT2D eigenvalue weighted by molar-refractivity contribution is -0.384. The number of ether oxygens (including phenoxy) is 1. The normalized spacial score (nSPS) is 37.5. The second kappa shape index (κ2) is 7.28. The Morgan fingerprint density at radius 2 is 1.87 bits per heavy atom. The van der Waals surface area contributed by atoms with E-state index in [0.29, 0.717) is 30.2 Å². The van der Waals surface area contributed by atoms with E-state index >= 15 is 0 Å². The SMILES string of the molecule is CC1(C)C[C@@H]2[C@H](CS(=O)(=O)Cc3ccc([N+](=O)[O-])cc3)CC[C@@H](O)[C@]3(C)O[C@@H]3C[C@H]21. The fraction of sp³-hybridized carbons (Fsp3) is 0.727. The van der Waals surface area contributed by atoms with Crippen molar-refractivity contribution in [1.29, 1.82) is 0 Å². The number of aliphatic hydroxyl groups is 1. The van der Waals surface area contributed by atoms with Gasteiger partial charge < -0.3 is 9.84 Å². The van der Waals surface area contributed by atoms with Crippen LogP contribution in [0.4, 0.5) is 5.69 Å². The van der Waals surface area contributed by atoms with Crippen molar-refractivity contribution < 1.29 is 23.2 Å². The van der Waals surface area contributed by atoms with Crippen molar-refractivity contribution in [2.45, 2.75) is 70.0 Å². The van der Waals surface area contributed by atoms with Crippen LogP contribution in [0.1, 0.15) is 52.0 Å². The first kappa shape index (κ1) is 21.7. The van der Waals surface area contributed by atoms with Gasteiger partial charge in [-0.2, -0.15) is 0 Å². The number of benzene rings is 1. The molecule has 3 fully saturated rings. The van der Waals surface area contributed by atoms with Gasteiger partial charge in [-0.3, -0.25) is 10.1 Å². The first-order chi connectivity index (χ1) is 13.9. The number of hydrogen-bond acceptors (Lipinski definition) is 6. The van der Waals surface area contributed by atoms with Crippen molar-refractivity contribution in [3.63, 3.8) is 0 Å². The molecule has 1 aromatic carbocycles. The average Bonchev–Trinajstić information content (AvgIpc) is 3.32. The number of aliphatic hydroxyl groups excluding tert-OH is 1. The number of fused-ring (bicyclic) bond motifs is 2. The highest BCUT2D eigenvalue weighted by Crippen LogP contribution is 2.60. The molecular formula is C22H31NO6S. The summed E-state index contributed by atoms with van der Waals surface area (Å²) in [7, 11) is -3.38. The lowest BCUT2D eigenvalue weighted by atomic mass is 9.51. The van der Waals surface area contributed by atoms with Crippen LogP contribution in [0.3, 0.4) is 0 Å². The van der Waals surface area contributed by atoms with Crippen molar-refractivity contribution in [3.05, 3.63) is 39.9 Å². The van der Waals surface area contributed by atoms with E-state index in [1.807, 2.05) is 6.92 Å². The number of non-ortho nitro benzene ring substituents is 1. The summed E-state index contributed by atoms with van der Waals surface area (Å²) in [5, 5.41) is 21.4. The van der Waals surface area contributed by atoms with E-state index in [1.165, 1.54) is 24.3 Å². The van der Waals surface area contributed by atoms with Gasteiger partial charge >= 0.3 is 0 Å². The first-order valence-electron chi connectivity index (χ1n) is 10.7. The zero-order chi connectivity index (χ0) is 21.9. The number of nitro benzene ring substituents is 1. The van der Waals surface area contributed by atoms with Gasteiger partial charge in [0.1, 0.15) is 5.60 Å². The van der Waals surface area contributed by atoms with Gasteiger partial charge in [0.25, 0.3) is 5.69 Å². The summed E-state index contributed by atoms with van der Waals surface area (Å²) in [5.41, 5.74) is 0.196. The molecule has 2 saturated carbocycles. The maximum Gasteiger partial charge on any atom is 0.269 e. The molecule has 8 heteroatoms. The van der Waals surface area contributed by atoms with Crippen molar-refractivity contribution >= 4 is 15.5 Å². The van der Waals surface area contributed by atoms with Crippen LogP contribution in [0.2, 0.25) is 0 Å². The van der Waals surface area contributed by atoms with Crippen LogP contribution >= 0.6 is 0 Å². The summed E-state index contributed by atoms with van der Waals surface area (Å²) in [5.74, 6) is 0.714. The molecule has 1 heterocycles. The Morgan fingerprint density at radius 1 is 1.20 bits per heavy atom. The van der Waals surface area contributed by atoms with E-state index in [9.17, 15) is 23.6 Å². The third-order valence-electron chi connectivity index (χ3n) is 7.81. The van der Waals surface area contributed by atoms with Gasteiger partial charge in [-0.1, -0.05) is 26.0 Å². The molecule has 1 aliphatic heterocycles. The molecule has 4 rings (SSSR count). The minimum Gasteiger partial charge on any atom is -0.390 e. The Labute approximate surface area is 177 Å². The molecule has 166 valence electrons. The molecule has 0 unspecified atom stereocenters. The van der Waals surface area contributed by atoms with Crippen LogP contribution in [-0.2, 0) is 20.3 Å². The van der Waals surface area contributed by atoms with Crippen LogP contribution in [0.25, 0.3) is 0 Å². The van der Waals surface area contributed by atoms with Crippen LogP contribution in [-0.4, -0.2) is 42.0 Å². The van der Waals surface area contributed by atoms with Gasteiger partial charge in [0.15, 0.2) is 9.84 Å². The second-order valence-corrected chi connectivity index (χ2v) is 12.4. The summed E-state index contributed by atoms with van der Waals surface area (Å²) in [6.07, 6.45) is 2.59. The van der Waals surface area contributed by atoms with E-state index in [0.717, 1.165) is 12.8 Å². The minimum absolute atomic E-state index is 0.0156. The highest BCUT2D eigenvalue weighted by molar-refractivity contribution is 7.90. The Kier molecular flexibility index (Phi) is 5.27. The predicted molar refractivity (Wildman–Crippen MR) is 113 cm³/mol. The van der Waals surface area contributed by atoms with E-state index in [1.54, 1.807) is 0 Å². The number of nitro groups is 1. The van der Waals surface area contributed by atoms with Crippen molar-refractivity contribution in [1.82, 2.24) is 0 Å². The summed E-state index contributed by atoms with van der Waals surface area (Å²) < 4.78 is 31.9. The average molecular weight is 438 g/mol. The maximum absolute atomic E-state index is 13.0. The minimum atomic E-state index is -3.38. The van der Waals surface area contributed by atoms with Crippen molar-refractivity contribution in [2.24, 2.45) is 23.2 Å². The molecule has 6 atom stereocenters. The summed E-state index contributed by atoms with van der Waals surface area (Å²) >= 11 is 0. The van der Waals surface area contributed by atoms with Crippen molar-refractivity contribution in [2.75, 3.05) is 5.75 Å². The highest BCUT2D eigenvalue weighted by atomic mass is 32.2. The zero-order valence-corrected chi connectivity index (χ0v) is 18.6. The fourth-order valence-corrected chi connectivity index (χ4v) is 7.70. The number of hydrogen-bond donors (Lipinski definition) is 1. The third kappa shape index (κ3) is 4.01. The second-order valence-electron chi connectivity index (χ2n) is 10.3. The maximum atomic E-state index is 13.0. The molecule has 0 bridgehead atoms. The Bertz CT molecular complexity index is 927. The Hall–Kier alpha value is -1.51. The van der Waals surface area contributed by atoms with Gasteiger partial charge in [0, 0.05) is 12.1 Å². The monoisotopic (exact) mass is 437 g/mol. The lowest BCUT2D eigenvalue weighted by Gasteiger charge is -2.55. The molecule has 1 saturated heterocycles. The Morgan fingerprint density at radius 3 is 2.47 bits per heavy atom. The fourth-order valence-electron chi connectivity index (χ4n) is 5.82. The van der Waals surface area contributed by atoms with Gasteiger partial charge in [-0.05, 0) is 61.3 Å². The van der Waals surface area contributed by atoms with E-state index in [4.69, 9.17) is 4.74 Å². The molecule has 7 nitrogen and oxygen atoms in total. The summed E-state index contributed by atoms with van der Waals surface area (Å²) in [6.45, 7) is 6.45. The Balaban J connectivity index is 1.49. The topological polar surface area (TPSA) is 110 Å². The van der Waals surface area contributed by atoms with Crippen LogP contribution in [0.15, 0.2) is 24.3 Å². The molecule has 1 aromatic rings. The molecular weight excluding hydrogens is 406 g/mol. The van der Waals surface area contributed by atoms with Crippen LogP contribution in [0, 0.1) is 33.3 Å². The van der Waals surface area contributed by atoms with Crippen LogP contribution < -0.4 is 0 Å². The van der Waals surface area contributed by atoms with Gasteiger partial charge in [-0.15, -0.1) is 0 Å². The molecule has 30 heavy (non-hydrogen) atoms. The quantitative estimate of drug-likeness (QED) is 0.429. The van der Waals surface area contributed by atoms with E-state index in [2.05, 4.69) is 13.8 Å². The molecule has 0 amide bonds.